The Balaban J connectivity index is 2.16. The van der Waals surface area contributed by atoms with Gasteiger partial charge in [0.05, 0.1) is 9.85 Å². The van der Waals surface area contributed by atoms with Crippen molar-refractivity contribution in [2.75, 3.05) is 0 Å². The normalized spacial score (nSPS) is 11.0. The molecule has 2 aromatic carbocycles. The van der Waals surface area contributed by atoms with Gasteiger partial charge in [0.25, 0.3) is 17.2 Å². The Morgan fingerprint density at radius 3 is 1.73 bits per heavy atom. The molecule has 0 fully saturated rings. The predicted molar refractivity (Wildman–Crippen MR) is 144 cm³/mol. The Labute approximate surface area is 233 Å². The highest BCUT2D eigenvalue weighted by molar-refractivity contribution is 6.70. The number of nitro benzene ring substituents is 2. The van der Waals surface area contributed by atoms with E-state index in [1.54, 1.807) is 19.6 Å². The lowest BCUT2D eigenvalue weighted by atomic mass is 10.0. The first kappa shape index (κ1) is 31.8. The molecule has 212 valence electrons. The van der Waals surface area contributed by atoms with Gasteiger partial charge in [0, 0.05) is 30.7 Å². The first-order chi connectivity index (χ1) is 19.2. The van der Waals surface area contributed by atoms with Gasteiger partial charge in [-0.05, 0) is 49.7 Å². The lowest BCUT2D eigenvalue weighted by Crippen LogP contribution is -2.35. The molecule has 0 aliphatic rings. The van der Waals surface area contributed by atoms with Crippen LogP contribution in [0, 0.1) is 20.2 Å². The molecule has 0 aromatic heterocycles. The molecule has 0 heterocycles. The lowest BCUT2D eigenvalue weighted by Gasteiger charge is -2.19. The SMILES string of the molecule is C[Si](C)(C)OC(=CCc1ccc([N+](=O)[O-])cc1)C(=[N+]=[N-])C(=O)OC(=O)C(=[N+]=[N-])C(=O)CCc1ccc([N+](=O)[O-])cc1. The van der Waals surface area contributed by atoms with Gasteiger partial charge in [-0.1, -0.05) is 24.3 Å². The molecule has 0 radical (unpaired) electrons. The van der Waals surface area contributed by atoms with Crippen LogP contribution in [0.3, 0.4) is 0 Å². The van der Waals surface area contributed by atoms with E-state index >= 15 is 0 Å². The molecule has 0 saturated heterocycles. The van der Waals surface area contributed by atoms with Gasteiger partial charge in [-0.15, -0.1) is 0 Å². The quantitative estimate of drug-likeness (QED) is 0.0388. The van der Waals surface area contributed by atoms with E-state index in [2.05, 4.69) is 14.3 Å². The average Bonchev–Trinajstić information content (AvgIpc) is 2.90. The van der Waals surface area contributed by atoms with Gasteiger partial charge in [0.2, 0.25) is 8.32 Å². The number of rotatable bonds is 13. The summed E-state index contributed by atoms with van der Waals surface area (Å²) in [6.07, 6.45) is 1.11. The number of nitro groups is 2. The Kier molecular flexibility index (Phi) is 10.9. The van der Waals surface area contributed by atoms with E-state index in [1.165, 1.54) is 54.6 Å². The van der Waals surface area contributed by atoms with Gasteiger partial charge in [-0.3, -0.25) is 25.0 Å². The third kappa shape index (κ3) is 9.67. The van der Waals surface area contributed by atoms with Crippen molar-refractivity contribution in [2.24, 2.45) is 0 Å². The summed E-state index contributed by atoms with van der Waals surface area (Å²) in [4.78, 5) is 63.7. The first-order valence-electron chi connectivity index (χ1n) is 11.9. The zero-order valence-corrected chi connectivity index (χ0v) is 23.2. The Morgan fingerprint density at radius 1 is 0.829 bits per heavy atom. The number of allylic oxidation sites excluding steroid dienone is 1. The molecule has 0 amide bonds. The molecular formula is C25H24N6O9Si. The summed E-state index contributed by atoms with van der Waals surface area (Å²) in [6.45, 7) is 5.29. The number of esters is 2. The number of hydrogen-bond acceptors (Lipinski definition) is 9. The smallest absolute Gasteiger partial charge is 0.442 e. The minimum Gasteiger partial charge on any atom is -0.539 e. The summed E-state index contributed by atoms with van der Waals surface area (Å²) in [7, 11) is -2.44. The number of non-ortho nitro benzene ring substituents is 2. The lowest BCUT2D eigenvalue weighted by molar-refractivity contribution is -0.385. The summed E-state index contributed by atoms with van der Waals surface area (Å²) >= 11 is 0. The number of carbonyl (C=O) groups excluding carboxylic acids is 3. The van der Waals surface area contributed by atoms with Crippen LogP contribution in [-0.4, -0.2) is 56.9 Å². The van der Waals surface area contributed by atoms with E-state index in [1.807, 2.05) is 0 Å². The van der Waals surface area contributed by atoms with E-state index in [-0.39, 0.29) is 36.4 Å². The van der Waals surface area contributed by atoms with Gasteiger partial charge < -0.3 is 20.2 Å². The van der Waals surface area contributed by atoms with Crippen LogP contribution in [0.4, 0.5) is 11.4 Å². The average molecular weight is 581 g/mol. The molecule has 0 atom stereocenters. The van der Waals surface area contributed by atoms with Crippen LogP contribution < -0.4 is 0 Å². The number of aryl methyl sites for hydroxylation is 1. The van der Waals surface area contributed by atoms with Gasteiger partial charge in [-0.2, -0.15) is 9.58 Å². The third-order valence-corrected chi connectivity index (χ3v) is 5.98. The second-order valence-electron chi connectivity index (χ2n) is 9.33. The Bertz CT molecular complexity index is 1500. The molecule has 0 aliphatic heterocycles. The maximum atomic E-state index is 12.7. The summed E-state index contributed by atoms with van der Waals surface area (Å²) in [5.41, 5.74) is 17.7. The fourth-order valence-corrected chi connectivity index (χ4v) is 4.06. The highest BCUT2D eigenvalue weighted by atomic mass is 28.4. The van der Waals surface area contributed by atoms with Gasteiger partial charge in [0.15, 0.2) is 5.76 Å². The Hall–Kier alpha value is -5.43. The van der Waals surface area contributed by atoms with Crippen molar-refractivity contribution in [1.82, 2.24) is 0 Å². The van der Waals surface area contributed by atoms with Crippen molar-refractivity contribution in [3.8, 4) is 0 Å². The Morgan fingerprint density at radius 2 is 1.29 bits per heavy atom. The van der Waals surface area contributed by atoms with Crippen LogP contribution in [0.5, 0.6) is 0 Å². The van der Waals surface area contributed by atoms with Crippen molar-refractivity contribution in [3.63, 3.8) is 0 Å². The summed E-state index contributed by atoms with van der Waals surface area (Å²) in [5.74, 6) is -4.35. The molecule has 15 nitrogen and oxygen atoms in total. The molecule has 16 heteroatoms. The molecule has 0 saturated carbocycles. The fourth-order valence-electron chi connectivity index (χ4n) is 3.22. The standard InChI is InChI=1S/C25H24N6O9Si/c1-41(2,3)40-21(15-9-17-6-12-19(13-7-17)31(37)38)23(29-27)25(34)39-24(33)22(28-26)20(32)14-8-16-4-10-18(11-5-16)30(35)36/h4-7,10-13,15H,8-9,14H2,1-3H3. The largest absolute Gasteiger partial charge is 0.539 e. The fraction of sp³-hybridized carbons (Fsp3) is 0.240. The molecule has 0 spiro atoms. The molecule has 0 aliphatic carbocycles. The summed E-state index contributed by atoms with van der Waals surface area (Å²) < 4.78 is 10.4. The second-order valence-corrected chi connectivity index (χ2v) is 13.8. The molecule has 0 N–H and O–H groups in total. The van der Waals surface area contributed by atoms with Crippen molar-refractivity contribution in [2.45, 2.75) is 38.9 Å². The van der Waals surface area contributed by atoms with Gasteiger partial charge >= 0.3 is 23.4 Å². The minimum absolute atomic E-state index is 0.0278. The van der Waals surface area contributed by atoms with Gasteiger partial charge in [0.1, 0.15) is 0 Å². The molecule has 2 aromatic rings. The first-order valence-corrected chi connectivity index (χ1v) is 15.3. The van der Waals surface area contributed by atoms with Crippen molar-refractivity contribution < 1.29 is 43.0 Å². The van der Waals surface area contributed by atoms with Crippen molar-refractivity contribution in [1.29, 1.82) is 0 Å². The zero-order valence-electron chi connectivity index (χ0n) is 22.2. The maximum Gasteiger partial charge on any atom is 0.442 e. The van der Waals surface area contributed by atoms with Crippen LogP contribution >= 0.6 is 0 Å². The molecular weight excluding hydrogens is 556 g/mol. The highest BCUT2D eigenvalue weighted by Crippen LogP contribution is 2.17. The predicted octanol–water partition coefficient (Wildman–Crippen LogP) is 3.39. The van der Waals surface area contributed by atoms with Crippen LogP contribution in [-0.2, 0) is 36.4 Å². The van der Waals surface area contributed by atoms with Crippen LogP contribution in [0.25, 0.3) is 11.1 Å². The number of nitrogens with zero attached hydrogens (tertiary/aromatic N) is 6. The number of ketones is 1. The van der Waals surface area contributed by atoms with E-state index in [0.29, 0.717) is 11.1 Å². The van der Waals surface area contributed by atoms with Crippen LogP contribution in [0.2, 0.25) is 19.6 Å². The number of hydrogen-bond donors (Lipinski definition) is 0. The summed E-state index contributed by atoms with van der Waals surface area (Å²) in [5, 5.41) is 21.6. The molecule has 0 unspecified atom stereocenters. The molecule has 41 heavy (non-hydrogen) atoms. The number of benzene rings is 2. The van der Waals surface area contributed by atoms with Crippen LogP contribution in [0.1, 0.15) is 17.5 Å². The molecule has 0 bridgehead atoms. The maximum absolute atomic E-state index is 12.7. The highest BCUT2D eigenvalue weighted by Gasteiger charge is 2.39. The van der Waals surface area contributed by atoms with Crippen LogP contribution in [0.15, 0.2) is 60.4 Å². The minimum atomic E-state index is -2.44. The monoisotopic (exact) mass is 580 g/mol. The summed E-state index contributed by atoms with van der Waals surface area (Å²) in [6, 6.07) is 10.8. The van der Waals surface area contributed by atoms with E-state index in [0.717, 1.165) is 0 Å². The molecule has 2 rings (SSSR count). The second kappa shape index (κ2) is 14.1. The number of Topliss-reactive ketones (excluding diaryl/α,β-unsaturated/α-hetero) is 1. The van der Waals surface area contributed by atoms with Gasteiger partial charge in [-0.25, -0.2) is 9.59 Å². The number of ether oxygens (including phenoxy) is 1. The topological polar surface area (TPSA) is 229 Å². The van der Waals surface area contributed by atoms with Crippen molar-refractivity contribution >= 4 is 48.8 Å². The zero-order chi connectivity index (χ0) is 30.7. The third-order valence-electron chi connectivity index (χ3n) is 5.14. The van der Waals surface area contributed by atoms with E-state index in [9.17, 15) is 45.7 Å². The van der Waals surface area contributed by atoms with E-state index < -0.39 is 47.3 Å². The number of carbonyl (C=O) groups is 3. The van der Waals surface area contributed by atoms with Crippen molar-refractivity contribution in [3.05, 3.63) is 103 Å². The van der Waals surface area contributed by atoms with E-state index in [4.69, 9.17) is 4.43 Å².